The third-order valence-electron chi connectivity index (χ3n) is 14.3. The molecule has 0 amide bonds. The second-order valence-corrected chi connectivity index (χ2v) is 20.1. The van der Waals surface area contributed by atoms with Gasteiger partial charge in [-0.05, 0) is 113 Å². The Balaban J connectivity index is 0.000000211. The largest absolute Gasteiger partial charge is 0.493 e. The van der Waals surface area contributed by atoms with Gasteiger partial charge < -0.3 is 48.4 Å². The third-order valence-corrected chi connectivity index (χ3v) is 14.3. The van der Waals surface area contributed by atoms with E-state index in [1.165, 1.54) is 49.1 Å². The molecule has 424 valence electrons. The van der Waals surface area contributed by atoms with E-state index in [1.54, 1.807) is 19.5 Å². The van der Waals surface area contributed by atoms with Gasteiger partial charge in [0.1, 0.15) is 24.4 Å². The molecule has 0 radical (unpaired) electrons. The number of likely N-dealkylation sites (tertiary alicyclic amines) is 1. The molecule has 6 aromatic rings. The van der Waals surface area contributed by atoms with Crippen LogP contribution in [0.2, 0.25) is 0 Å². The van der Waals surface area contributed by atoms with Gasteiger partial charge in [-0.25, -0.2) is 24.9 Å². The zero-order chi connectivity index (χ0) is 54.4. The van der Waals surface area contributed by atoms with E-state index < -0.39 is 0 Å². The van der Waals surface area contributed by atoms with E-state index in [0.29, 0.717) is 62.9 Å². The molecule has 1 N–H and O–H groups in total. The normalized spacial score (nSPS) is 16.3. The van der Waals surface area contributed by atoms with E-state index >= 15 is 0 Å². The Hall–Kier alpha value is -7.44. The van der Waals surface area contributed by atoms with Crippen molar-refractivity contribution in [2.75, 3.05) is 116 Å². The molecule has 17 heteroatoms. The number of fused-ring (bicyclic) bond motifs is 7. The van der Waals surface area contributed by atoms with Crippen LogP contribution in [0.25, 0.3) is 22.5 Å². The van der Waals surface area contributed by atoms with Crippen molar-refractivity contribution in [2.45, 2.75) is 73.0 Å². The summed E-state index contributed by atoms with van der Waals surface area (Å²) in [4.78, 5) is 36.3. The molecule has 0 saturated carbocycles. The molecular formula is C63H81N11O6. The first-order valence-electron chi connectivity index (χ1n) is 27.9. The Labute approximate surface area is 473 Å². The van der Waals surface area contributed by atoms with Gasteiger partial charge in [0, 0.05) is 110 Å². The van der Waals surface area contributed by atoms with Gasteiger partial charge in [-0.2, -0.15) is 0 Å². The fraction of sp³-hybridized carbons (Fsp3) is 0.429. The zero-order valence-electron chi connectivity index (χ0n) is 46.4. The standard InChI is InChI=1S/C33H42N6O4.C29H35N5O2.CH4/c1-26-7-8-30(39-13-11-37(12-14-39)27(2)38-15-19-41-20-16-38)29(21-26)24-42-17-5-4-6-18-43-32-22-28(9-10-35-32)33-31(40-3)23-34-25-36-33;1-22-20-31-29-32-26-16-23(17-27(19-26)36-15-13-34-11-5-6-12-34)21-35-14-7-3-2-4-8-25-18-24(9-10-30-25)28(22)33-29;/h4-5,7-10,21-23,25H,2,6,11-20,24H2,1,3H3;3,7,9-10,16-20H,2,4-6,8,11-15,21H2,1H3,(H,31,32,33);1H4/b5-4+;7-3+;. The molecule has 4 aliphatic rings. The highest BCUT2D eigenvalue weighted by atomic mass is 16.5. The molecule has 8 heterocycles. The molecular weight excluding hydrogens is 1010 g/mol. The molecule has 2 aromatic carbocycles. The SMILES string of the molecule is C.C=C(N1CCOCC1)N1CCN(c2ccc(C)cc2COC/C=C/CCOc2cc(-c3ncncc3OC)ccn2)CC1.Cc1cnc2nc1-c1ccnc(c1)CCC/C=C/COCc1cc(cc(OCCN3CCCC3)c1)N2. The molecule has 6 bridgehead atoms. The van der Waals surface area contributed by atoms with E-state index in [0.717, 1.165) is 136 Å². The maximum Gasteiger partial charge on any atom is 0.227 e. The number of anilines is 3. The number of hydrogen-bond acceptors (Lipinski definition) is 17. The maximum absolute atomic E-state index is 6.17. The molecule has 3 saturated heterocycles. The van der Waals surface area contributed by atoms with Crippen molar-refractivity contribution < 1.29 is 28.4 Å². The summed E-state index contributed by atoms with van der Waals surface area (Å²) in [5, 5.41) is 3.40. The lowest BCUT2D eigenvalue weighted by molar-refractivity contribution is 0.0373. The van der Waals surface area contributed by atoms with Crippen molar-refractivity contribution in [3.8, 4) is 39.9 Å². The van der Waals surface area contributed by atoms with E-state index in [4.69, 9.17) is 33.4 Å². The Morgan fingerprint density at radius 3 is 2.41 bits per heavy atom. The van der Waals surface area contributed by atoms with Crippen molar-refractivity contribution in [3.63, 3.8) is 0 Å². The number of hydrogen-bond donors (Lipinski definition) is 1. The molecule has 3 fully saturated rings. The van der Waals surface area contributed by atoms with Crippen LogP contribution in [0.4, 0.5) is 17.3 Å². The molecule has 0 unspecified atom stereocenters. The summed E-state index contributed by atoms with van der Waals surface area (Å²) in [7, 11) is 1.60. The summed E-state index contributed by atoms with van der Waals surface area (Å²) < 4.78 is 34.9. The number of nitrogens with one attached hydrogen (secondary N) is 1. The number of aryl methyl sites for hydroxylation is 3. The van der Waals surface area contributed by atoms with Crippen LogP contribution in [-0.4, -0.2) is 150 Å². The lowest BCUT2D eigenvalue weighted by Gasteiger charge is -2.43. The van der Waals surface area contributed by atoms with Crippen molar-refractivity contribution in [3.05, 3.63) is 156 Å². The molecule has 0 spiro atoms. The fourth-order valence-electron chi connectivity index (χ4n) is 10.1. The second-order valence-electron chi connectivity index (χ2n) is 20.1. The number of methoxy groups -OCH3 is 1. The van der Waals surface area contributed by atoms with E-state index in [2.05, 4.69) is 118 Å². The van der Waals surface area contributed by atoms with Crippen molar-refractivity contribution in [2.24, 2.45) is 0 Å². The highest BCUT2D eigenvalue weighted by molar-refractivity contribution is 5.67. The van der Waals surface area contributed by atoms with E-state index in [-0.39, 0.29) is 7.43 Å². The Morgan fingerprint density at radius 2 is 1.57 bits per heavy atom. The first-order valence-corrected chi connectivity index (χ1v) is 27.9. The summed E-state index contributed by atoms with van der Waals surface area (Å²) in [5.74, 6) is 3.66. The predicted molar refractivity (Wildman–Crippen MR) is 317 cm³/mol. The molecule has 4 aromatic heterocycles. The average molecular weight is 1090 g/mol. The number of benzene rings is 2. The summed E-state index contributed by atoms with van der Waals surface area (Å²) in [6.07, 6.45) is 23.3. The van der Waals surface area contributed by atoms with E-state index in [9.17, 15) is 0 Å². The summed E-state index contributed by atoms with van der Waals surface area (Å²) in [6.45, 7) is 22.5. The maximum atomic E-state index is 6.17. The summed E-state index contributed by atoms with van der Waals surface area (Å²) in [5.41, 5.74) is 11.3. The van der Waals surface area contributed by atoms with Gasteiger partial charge in [0.05, 0.1) is 71.1 Å². The van der Waals surface area contributed by atoms with Gasteiger partial charge >= 0.3 is 0 Å². The number of pyridine rings is 2. The highest BCUT2D eigenvalue weighted by Gasteiger charge is 2.24. The number of rotatable bonds is 17. The topological polar surface area (TPSA) is 158 Å². The molecule has 17 nitrogen and oxygen atoms in total. The summed E-state index contributed by atoms with van der Waals surface area (Å²) in [6, 6.07) is 20.7. The van der Waals surface area contributed by atoms with Gasteiger partial charge in [-0.3, -0.25) is 9.88 Å². The first-order chi connectivity index (χ1) is 38.8. The van der Waals surface area contributed by atoms with Gasteiger partial charge in [-0.15, -0.1) is 0 Å². The first kappa shape index (κ1) is 58.7. The van der Waals surface area contributed by atoms with Gasteiger partial charge in [0.2, 0.25) is 11.8 Å². The predicted octanol–water partition coefficient (Wildman–Crippen LogP) is 10.4. The van der Waals surface area contributed by atoms with Gasteiger partial charge in [0.25, 0.3) is 0 Å². The minimum Gasteiger partial charge on any atom is -0.493 e. The van der Waals surface area contributed by atoms with Crippen LogP contribution >= 0.6 is 0 Å². The summed E-state index contributed by atoms with van der Waals surface area (Å²) >= 11 is 0. The molecule has 80 heavy (non-hydrogen) atoms. The fourth-order valence-corrected chi connectivity index (χ4v) is 10.1. The van der Waals surface area contributed by atoms with E-state index in [1.807, 2.05) is 49.7 Å². The number of piperazine rings is 1. The number of ether oxygens (including phenoxy) is 6. The Bertz CT molecular complexity index is 2950. The van der Waals surface area contributed by atoms with Crippen LogP contribution in [-0.2, 0) is 33.8 Å². The van der Waals surface area contributed by atoms with Crippen LogP contribution in [0.1, 0.15) is 67.5 Å². The average Bonchev–Trinajstić information content (AvgIpc) is 4.01. The minimum absolute atomic E-state index is 0. The number of nitrogens with zero attached hydrogens (tertiary/aromatic N) is 10. The number of allylic oxidation sites excluding steroid dienone is 1. The van der Waals surface area contributed by atoms with Crippen molar-refractivity contribution in [1.29, 1.82) is 0 Å². The highest BCUT2D eigenvalue weighted by Crippen LogP contribution is 2.30. The lowest BCUT2D eigenvalue weighted by atomic mass is 10.1. The molecule has 0 atom stereocenters. The lowest BCUT2D eigenvalue weighted by Crippen LogP contribution is -2.50. The third kappa shape index (κ3) is 17.3. The quantitative estimate of drug-likeness (QED) is 0.0679. The zero-order valence-corrected chi connectivity index (χ0v) is 46.4. The van der Waals surface area contributed by atoms with Crippen LogP contribution in [0.5, 0.6) is 17.4 Å². The second kappa shape index (κ2) is 30.8. The van der Waals surface area contributed by atoms with Crippen LogP contribution in [0, 0.1) is 13.8 Å². The van der Waals surface area contributed by atoms with Crippen molar-refractivity contribution in [1.82, 2.24) is 44.6 Å². The number of morpholine rings is 1. The van der Waals surface area contributed by atoms with Crippen LogP contribution < -0.4 is 24.4 Å². The van der Waals surface area contributed by atoms with Gasteiger partial charge in [-0.1, -0.05) is 56.0 Å². The Kier molecular flexibility index (Phi) is 22.6. The number of aromatic nitrogens is 6. The van der Waals surface area contributed by atoms with Crippen LogP contribution in [0.15, 0.2) is 128 Å². The molecule has 10 rings (SSSR count). The minimum atomic E-state index is 0. The van der Waals surface area contributed by atoms with Crippen LogP contribution in [0.3, 0.4) is 0 Å². The molecule has 0 aliphatic carbocycles. The smallest absolute Gasteiger partial charge is 0.227 e. The molecule has 4 aliphatic heterocycles. The Morgan fingerprint density at radius 1 is 0.762 bits per heavy atom. The van der Waals surface area contributed by atoms with Gasteiger partial charge in [0.15, 0.2) is 5.75 Å². The monoisotopic (exact) mass is 1090 g/mol. The van der Waals surface area contributed by atoms with Crippen molar-refractivity contribution >= 4 is 17.3 Å².